The lowest BCUT2D eigenvalue weighted by molar-refractivity contribution is -0.139. The third-order valence-electron chi connectivity index (χ3n) is 3.55. The predicted molar refractivity (Wildman–Crippen MR) is 91.2 cm³/mol. The number of phenolic OH excluding ortho intramolecular Hbond substituents is 1. The lowest BCUT2D eigenvalue weighted by atomic mass is 10.1. The summed E-state index contributed by atoms with van der Waals surface area (Å²) in [6, 6.07) is 2.67. The van der Waals surface area contributed by atoms with Crippen molar-refractivity contribution in [3.63, 3.8) is 0 Å². The van der Waals surface area contributed by atoms with Gasteiger partial charge >= 0.3 is 11.9 Å². The van der Waals surface area contributed by atoms with Gasteiger partial charge in [-0.1, -0.05) is 5.57 Å². The van der Waals surface area contributed by atoms with E-state index >= 15 is 0 Å². The van der Waals surface area contributed by atoms with Gasteiger partial charge in [0.25, 0.3) is 0 Å². The molecular weight excluding hydrogens is 344 g/mol. The highest BCUT2D eigenvalue weighted by Gasteiger charge is 2.19. The van der Waals surface area contributed by atoms with Crippen molar-refractivity contribution in [2.24, 2.45) is 0 Å². The summed E-state index contributed by atoms with van der Waals surface area (Å²) in [7, 11) is 1.36. The summed E-state index contributed by atoms with van der Waals surface area (Å²) in [4.78, 5) is 34.5. The summed E-state index contributed by atoms with van der Waals surface area (Å²) in [5.41, 5.74) is 0.132. The molecule has 8 heteroatoms. The Balaban J connectivity index is 2.35. The zero-order valence-electron chi connectivity index (χ0n) is 14.5. The van der Waals surface area contributed by atoms with Gasteiger partial charge in [0.2, 0.25) is 0 Å². The predicted octanol–water partition coefficient (Wildman–Crippen LogP) is 2.28. The summed E-state index contributed by atoms with van der Waals surface area (Å²) in [5, 5.41) is 19.1. The Bertz CT molecular complexity index is 952. The van der Waals surface area contributed by atoms with Gasteiger partial charge in [0.15, 0.2) is 5.43 Å². The molecule has 0 aliphatic carbocycles. The normalized spacial score (nSPS) is 11.4. The average molecular weight is 362 g/mol. The minimum atomic E-state index is -1.07. The average Bonchev–Trinajstić information content (AvgIpc) is 2.51. The van der Waals surface area contributed by atoms with Crippen molar-refractivity contribution in [1.82, 2.24) is 0 Å². The quantitative estimate of drug-likeness (QED) is 0.592. The van der Waals surface area contributed by atoms with Gasteiger partial charge in [-0.2, -0.15) is 0 Å². The third kappa shape index (κ3) is 4.21. The Morgan fingerprint density at radius 1 is 1.31 bits per heavy atom. The molecule has 2 rings (SSSR count). The second kappa shape index (κ2) is 7.73. The summed E-state index contributed by atoms with van der Waals surface area (Å²) in [6.45, 7) is 2.72. The number of rotatable bonds is 6. The van der Waals surface area contributed by atoms with Crippen LogP contribution >= 0.6 is 0 Å². The Morgan fingerprint density at radius 3 is 2.62 bits per heavy atom. The van der Waals surface area contributed by atoms with Crippen LogP contribution in [0.15, 0.2) is 33.0 Å². The molecule has 0 saturated heterocycles. The lowest BCUT2D eigenvalue weighted by Gasteiger charge is -2.12. The summed E-state index contributed by atoms with van der Waals surface area (Å²) >= 11 is 0. The van der Waals surface area contributed by atoms with Crippen molar-refractivity contribution >= 4 is 22.9 Å². The number of aliphatic carboxylic acids is 1. The van der Waals surface area contributed by atoms with Crippen molar-refractivity contribution in [3.8, 4) is 11.5 Å². The molecule has 8 nitrogen and oxygen atoms in total. The van der Waals surface area contributed by atoms with E-state index in [1.54, 1.807) is 6.92 Å². The molecule has 0 atom stereocenters. The molecule has 0 aliphatic heterocycles. The van der Waals surface area contributed by atoms with Crippen LogP contribution < -0.4 is 10.2 Å². The summed E-state index contributed by atoms with van der Waals surface area (Å²) in [5.74, 6) is -1.68. The van der Waals surface area contributed by atoms with Crippen LogP contribution in [-0.4, -0.2) is 29.3 Å². The highest BCUT2D eigenvalue weighted by atomic mass is 16.5. The SMILES string of the molecule is COc1cc2oc(C)cc(=O)c2c(O)c1COC(=O)C=C(C)CC(=O)O. The smallest absolute Gasteiger partial charge is 0.331 e. The monoisotopic (exact) mass is 362 g/mol. The van der Waals surface area contributed by atoms with E-state index in [-0.39, 0.29) is 35.3 Å². The third-order valence-corrected chi connectivity index (χ3v) is 3.55. The fourth-order valence-corrected chi connectivity index (χ4v) is 2.44. The van der Waals surface area contributed by atoms with E-state index in [4.69, 9.17) is 19.0 Å². The van der Waals surface area contributed by atoms with Crippen LogP contribution in [0.4, 0.5) is 0 Å². The number of benzene rings is 1. The molecule has 1 aromatic heterocycles. The van der Waals surface area contributed by atoms with Gasteiger partial charge in [-0.15, -0.1) is 0 Å². The first-order valence-electron chi connectivity index (χ1n) is 7.62. The molecule has 0 aliphatic rings. The van der Waals surface area contributed by atoms with Crippen LogP contribution in [0.2, 0.25) is 0 Å². The molecule has 0 bridgehead atoms. The first kappa shape index (κ1) is 19.0. The zero-order chi connectivity index (χ0) is 19.4. The van der Waals surface area contributed by atoms with Crippen LogP contribution in [0.25, 0.3) is 11.0 Å². The Morgan fingerprint density at radius 2 is 2.00 bits per heavy atom. The minimum absolute atomic E-state index is 0.0416. The lowest BCUT2D eigenvalue weighted by Crippen LogP contribution is -2.07. The van der Waals surface area contributed by atoms with Crippen LogP contribution in [0, 0.1) is 6.92 Å². The summed E-state index contributed by atoms with van der Waals surface area (Å²) in [6.07, 6.45) is 0.760. The second-order valence-corrected chi connectivity index (χ2v) is 5.67. The topological polar surface area (TPSA) is 123 Å². The number of hydrogen-bond donors (Lipinski definition) is 2. The standard InChI is InChI=1S/C18H18O8/c1-9(4-15(20)21)5-16(22)25-8-11-13(24-3)7-14-17(18(11)23)12(19)6-10(2)26-14/h5-7,23H,4,8H2,1-3H3,(H,20,21). The van der Waals surface area contributed by atoms with Crippen LogP contribution in [0.1, 0.15) is 24.7 Å². The minimum Gasteiger partial charge on any atom is -0.506 e. The van der Waals surface area contributed by atoms with E-state index in [9.17, 15) is 19.5 Å². The number of carboxylic acids is 1. The largest absolute Gasteiger partial charge is 0.506 e. The van der Waals surface area contributed by atoms with Crippen molar-refractivity contribution in [2.45, 2.75) is 26.9 Å². The van der Waals surface area contributed by atoms with Crippen molar-refractivity contribution in [2.75, 3.05) is 7.11 Å². The molecular formula is C18H18O8. The van der Waals surface area contributed by atoms with Gasteiger partial charge in [-0.3, -0.25) is 9.59 Å². The highest BCUT2D eigenvalue weighted by molar-refractivity contribution is 5.87. The number of ether oxygens (including phenoxy) is 2. The molecule has 1 heterocycles. The van der Waals surface area contributed by atoms with E-state index in [0.717, 1.165) is 6.08 Å². The Labute approximate surface area is 148 Å². The molecule has 2 aromatic rings. The number of carbonyl (C=O) groups excluding carboxylic acids is 1. The van der Waals surface area contributed by atoms with Crippen molar-refractivity contribution in [3.05, 3.63) is 45.3 Å². The van der Waals surface area contributed by atoms with Crippen molar-refractivity contribution < 1.29 is 33.7 Å². The van der Waals surface area contributed by atoms with E-state index < -0.39 is 23.1 Å². The molecule has 0 spiro atoms. The number of carboxylic acid groups (broad SMARTS) is 1. The molecule has 1 aromatic carbocycles. The fraction of sp³-hybridized carbons (Fsp3) is 0.278. The van der Waals surface area contributed by atoms with Gasteiger partial charge < -0.3 is 24.1 Å². The highest BCUT2D eigenvalue weighted by Crippen LogP contribution is 2.35. The molecule has 138 valence electrons. The van der Waals surface area contributed by atoms with Gasteiger partial charge in [-0.25, -0.2) is 4.79 Å². The number of fused-ring (bicyclic) bond motifs is 1. The van der Waals surface area contributed by atoms with Crippen LogP contribution in [0.5, 0.6) is 11.5 Å². The number of phenols is 1. The molecule has 0 unspecified atom stereocenters. The first-order valence-corrected chi connectivity index (χ1v) is 7.62. The maximum absolute atomic E-state index is 12.1. The Hall–Kier alpha value is -3.29. The molecule has 0 saturated carbocycles. The molecule has 2 N–H and O–H groups in total. The maximum atomic E-state index is 12.1. The van der Waals surface area contributed by atoms with E-state index in [2.05, 4.69) is 0 Å². The molecule has 26 heavy (non-hydrogen) atoms. The number of aryl methyl sites for hydroxylation is 1. The zero-order valence-corrected chi connectivity index (χ0v) is 14.5. The second-order valence-electron chi connectivity index (χ2n) is 5.67. The molecule has 0 amide bonds. The van der Waals surface area contributed by atoms with Gasteiger partial charge in [0.05, 0.1) is 19.1 Å². The van der Waals surface area contributed by atoms with Crippen molar-refractivity contribution in [1.29, 1.82) is 0 Å². The number of aromatic hydroxyl groups is 1. The van der Waals surface area contributed by atoms with Crippen LogP contribution in [0.3, 0.4) is 0 Å². The summed E-state index contributed by atoms with van der Waals surface area (Å²) < 4.78 is 15.6. The van der Waals surface area contributed by atoms with Gasteiger partial charge in [0.1, 0.15) is 34.8 Å². The number of methoxy groups -OCH3 is 1. The van der Waals surface area contributed by atoms with Crippen LogP contribution in [-0.2, 0) is 20.9 Å². The molecule has 0 fully saturated rings. The maximum Gasteiger partial charge on any atom is 0.331 e. The van der Waals surface area contributed by atoms with Gasteiger partial charge in [-0.05, 0) is 13.8 Å². The van der Waals surface area contributed by atoms with E-state index in [1.165, 1.54) is 26.2 Å². The number of hydrogen-bond acceptors (Lipinski definition) is 7. The van der Waals surface area contributed by atoms with Gasteiger partial charge in [0, 0.05) is 18.2 Å². The first-order chi connectivity index (χ1) is 12.2. The number of carbonyl (C=O) groups is 2. The van der Waals surface area contributed by atoms with E-state index in [0.29, 0.717) is 11.3 Å². The molecule has 0 radical (unpaired) electrons. The fourth-order valence-electron chi connectivity index (χ4n) is 2.44. The van der Waals surface area contributed by atoms with E-state index in [1.807, 2.05) is 0 Å². The number of esters is 1. The Kier molecular flexibility index (Phi) is 5.66.